The second kappa shape index (κ2) is 6.01. The number of benzene rings is 1. The van der Waals surface area contributed by atoms with Crippen LogP contribution in [-0.2, 0) is 0 Å². The van der Waals surface area contributed by atoms with Crippen LogP contribution in [0, 0.1) is 0 Å². The summed E-state index contributed by atoms with van der Waals surface area (Å²) >= 11 is 0. The molecule has 0 saturated carbocycles. The highest BCUT2D eigenvalue weighted by atomic mass is 79.9. The van der Waals surface area contributed by atoms with Crippen LogP contribution in [0.5, 0.6) is 5.75 Å². The zero-order valence-corrected chi connectivity index (χ0v) is 11.5. The lowest BCUT2D eigenvalue weighted by atomic mass is 10.1. The molecular formula is C12H18BrNO2. The van der Waals surface area contributed by atoms with E-state index >= 15 is 0 Å². The lowest BCUT2D eigenvalue weighted by Crippen LogP contribution is -2.39. The van der Waals surface area contributed by atoms with E-state index in [9.17, 15) is 4.79 Å². The minimum absolute atomic E-state index is 0. The Bertz CT molecular complexity index is 341. The monoisotopic (exact) mass is 287 g/mol. The molecule has 0 aliphatic carbocycles. The Kier molecular flexibility index (Phi) is 5.68. The second-order valence-corrected chi connectivity index (χ2v) is 4.57. The van der Waals surface area contributed by atoms with Gasteiger partial charge in [0.25, 0.3) is 0 Å². The van der Waals surface area contributed by atoms with Gasteiger partial charge in [-0.15, -0.1) is 17.0 Å². The van der Waals surface area contributed by atoms with Crippen molar-refractivity contribution in [2.45, 2.75) is 26.3 Å². The van der Waals surface area contributed by atoms with Gasteiger partial charge < -0.3 is 10.4 Å². The number of phenols is 1. The number of phenolic OH excluding ortho intramolecular Hbond substituents is 1. The Morgan fingerprint density at radius 2 is 1.75 bits per heavy atom. The Hall–Kier alpha value is -0.870. The van der Waals surface area contributed by atoms with Crippen molar-refractivity contribution in [2.75, 3.05) is 6.54 Å². The Morgan fingerprint density at radius 3 is 2.19 bits per heavy atom. The van der Waals surface area contributed by atoms with Crippen LogP contribution in [0.1, 0.15) is 31.1 Å². The minimum atomic E-state index is -0.0629. The molecule has 0 aromatic heterocycles. The first kappa shape index (κ1) is 15.1. The van der Waals surface area contributed by atoms with Gasteiger partial charge in [0.1, 0.15) is 5.75 Å². The van der Waals surface area contributed by atoms with Gasteiger partial charge in [-0.1, -0.05) is 0 Å². The summed E-state index contributed by atoms with van der Waals surface area (Å²) < 4.78 is 0. The van der Waals surface area contributed by atoms with Gasteiger partial charge in [-0.05, 0) is 45.0 Å². The number of ketones is 1. The zero-order valence-electron chi connectivity index (χ0n) is 9.78. The van der Waals surface area contributed by atoms with Gasteiger partial charge in [0.05, 0.1) is 6.54 Å². The van der Waals surface area contributed by atoms with Crippen molar-refractivity contribution in [1.82, 2.24) is 5.32 Å². The van der Waals surface area contributed by atoms with Crippen LogP contribution in [0.15, 0.2) is 24.3 Å². The van der Waals surface area contributed by atoms with E-state index in [-0.39, 0.29) is 34.1 Å². The number of halogens is 1. The summed E-state index contributed by atoms with van der Waals surface area (Å²) in [7, 11) is 0. The van der Waals surface area contributed by atoms with Crippen molar-refractivity contribution in [1.29, 1.82) is 0 Å². The van der Waals surface area contributed by atoms with Gasteiger partial charge in [0.2, 0.25) is 0 Å². The molecule has 0 amide bonds. The third-order valence-corrected chi connectivity index (χ3v) is 1.97. The van der Waals surface area contributed by atoms with Gasteiger partial charge in [0.15, 0.2) is 5.78 Å². The molecule has 0 saturated heterocycles. The first-order valence-corrected chi connectivity index (χ1v) is 4.96. The first-order chi connectivity index (χ1) is 6.88. The highest BCUT2D eigenvalue weighted by Gasteiger charge is 2.12. The number of Topliss-reactive ketones (excluding diaryl/α,β-unsaturated/α-hetero) is 1. The van der Waals surface area contributed by atoms with E-state index in [4.69, 9.17) is 5.11 Å². The molecular weight excluding hydrogens is 270 g/mol. The molecule has 0 aliphatic heterocycles. The van der Waals surface area contributed by atoms with Crippen LogP contribution >= 0.6 is 17.0 Å². The fourth-order valence-corrected chi connectivity index (χ4v) is 1.09. The van der Waals surface area contributed by atoms with Gasteiger partial charge in [-0.3, -0.25) is 4.79 Å². The minimum Gasteiger partial charge on any atom is -0.508 e. The van der Waals surface area contributed by atoms with Crippen molar-refractivity contribution >= 4 is 22.8 Å². The molecule has 1 aromatic carbocycles. The van der Waals surface area contributed by atoms with E-state index in [0.29, 0.717) is 12.1 Å². The molecule has 0 unspecified atom stereocenters. The Balaban J connectivity index is 0.00000225. The van der Waals surface area contributed by atoms with Gasteiger partial charge in [0, 0.05) is 11.1 Å². The largest absolute Gasteiger partial charge is 0.508 e. The Morgan fingerprint density at radius 1 is 1.25 bits per heavy atom. The van der Waals surface area contributed by atoms with Gasteiger partial charge in [-0.2, -0.15) is 0 Å². The average molecular weight is 288 g/mol. The van der Waals surface area contributed by atoms with Gasteiger partial charge in [-0.25, -0.2) is 0 Å². The fourth-order valence-electron chi connectivity index (χ4n) is 1.09. The van der Waals surface area contributed by atoms with Crippen molar-refractivity contribution in [3.8, 4) is 5.75 Å². The molecule has 1 rings (SSSR count). The van der Waals surface area contributed by atoms with Crippen molar-refractivity contribution in [2.24, 2.45) is 0 Å². The maximum atomic E-state index is 11.7. The molecule has 0 aliphatic rings. The second-order valence-electron chi connectivity index (χ2n) is 4.57. The van der Waals surface area contributed by atoms with E-state index in [1.807, 2.05) is 20.8 Å². The molecule has 0 heterocycles. The number of hydrogen-bond donors (Lipinski definition) is 2. The quantitative estimate of drug-likeness (QED) is 0.840. The third-order valence-electron chi connectivity index (χ3n) is 1.97. The summed E-state index contributed by atoms with van der Waals surface area (Å²) in [6, 6.07) is 6.29. The van der Waals surface area contributed by atoms with E-state index < -0.39 is 0 Å². The number of hydrogen-bond acceptors (Lipinski definition) is 3. The van der Waals surface area contributed by atoms with Gasteiger partial charge >= 0.3 is 0 Å². The number of carbonyl (C=O) groups excluding carboxylic acids is 1. The summed E-state index contributed by atoms with van der Waals surface area (Å²) in [5, 5.41) is 12.2. The van der Waals surface area contributed by atoms with E-state index in [2.05, 4.69) is 5.32 Å². The molecule has 1 aromatic rings. The summed E-state index contributed by atoms with van der Waals surface area (Å²) in [4.78, 5) is 11.7. The van der Waals surface area contributed by atoms with Crippen LogP contribution in [0.25, 0.3) is 0 Å². The molecule has 4 heteroatoms. The number of aromatic hydroxyl groups is 1. The maximum absolute atomic E-state index is 11.7. The normalized spacial score (nSPS) is 10.7. The number of carbonyl (C=O) groups is 1. The molecule has 0 fully saturated rings. The molecule has 0 radical (unpaired) electrons. The molecule has 0 spiro atoms. The molecule has 2 N–H and O–H groups in total. The molecule has 16 heavy (non-hydrogen) atoms. The van der Waals surface area contributed by atoms with Crippen molar-refractivity contribution < 1.29 is 9.90 Å². The highest BCUT2D eigenvalue weighted by molar-refractivity contribution is 8.93. The molecule has 0 atom stereocenters. The number of rotatable bonds is 3. The lowest BCUT2D eigenvalue weighted by molar-refractivity contribution is 0.0982. The Labute approximate surface area is 107 Å². The van der Waals surface area contributed by atoms with Crippen LogP contribution in [-0.4, -0.2) is 23.0 Å². The first-order valence-electron chi connectivity index (χ1n) is 4.96. The van der Waals surface area contributed by atoms with Crippen LogP contribution < -0.4 is 5.32 Å². The standard InChI is InChI=1S/C12H17NO2.BrH/c1-12(2,3)13-8-11(15)9-4-6-10(14)7-5-9;/h4-7,13-14H,8H2,1-3H3;1H. The summed E-state index contributed by atoms with van der Waals surface area (Å²) in [6.07, 6.45) is 0. The fraction of sp³-hybridized carbons (Fsp3) is 0.417. The van der Waals surface area contributed by atoms with Crippen molar-refractivity contribution in [3.05, 3.63) is 29.8 Å². The number of nitrogens with one attached hydrogen (secondary N) is 1. The van der Waals surface area contributed by atoms with E-state index in [0.717, 1.165) is 0 Å². The summed E-state index contributed by atoms with van der Waals surface area (Å²) in [5.41, 5.74) is 0.552. The summed E-state index contributed by atoms with van der Waals surface area (Å²) in [5.74, 6) is 0.209. The third kappa shape index (κ3) is 5.28. The molecule has 0 bridgehead atoms. The van der Waals surface area contributed by atoms with E-state index in [1.165, 1.54) is 12.1 Å². The van der Waals surface area contributed by atoms with Crippen LogP contribution in [0.2, 0.25) is 0 Å². The highest BCUT2D eigenvalue weighted by Crippen LogP contribution is 2.10. The zero-order chi connectivity index (χ0) is 11.5. The predicted molar refractivity (Wildman–Crippen MR) is 70.5 cm³/mol. The smallest absolute Gasteiger partial charge is 0.176 e. The summed E-state index contributed by atoms with van der Waals surface area (Å²) in [6.45, 7) is 6.35. The van der Waals surface area contributed by atoms with Crippen LogP contribution in [0.4, 0.5) is 0 Å². The lowest BCUT2D eigenvalue weighted by Gasteiger charge is -2.19. The molecule has 3 nitrogen and oxygen atoms in total. The topological polar surface area (TPSA) is 49.3 Å². The molecule has 90 valence electrons. The van der Waals surface area contributed by atoms with E-state index in [1.54, 1.807) is 12.1 Å². The predicted octanol–water partition coefficient (Wildman–Crippen LogP) is 2.54. The average Bonchev–Trinajstić information content (AvgIpc) is 2.14. The van der Waals surface area contributed by atoms with Crippen molar-refractivity contribution in [3.63, 3.8) is 0 Å². The SMILES string of the molecule is Br.CC(C)(C)NCC(=O)c1ccc(O)cc1. The maximum Gasteiger partial charge on any atom is 0.176 e. The van der Waals surface area contributed by atoms with Crippen LogP contribution in [0.3, 0.4) is 0 Å².